The zero-order chi connectivity index (χ0) is 23.3. The summed E-state index contributed by atoms with van der Waals surface area (Å²) in [6.07, 6.45) is 3.04. The Morgan fingerprint density at radius 3 is 2.47 bits per heavy atom. The molecule has 0 saturated carbocycles. The number of anilines is 2. The summed E-state index contributed by atoms with van der Waals surface area (Å²) in [6.45, 7) is 9.87. The first-order chi connectivity index (χ1) is 15.2. The second kappa shape index (κ2) is 9.77. The van der Waals surface area contributed by atoms with Gasteiger partial charge in [0.15, 0.2) is 17.9 Å². The predicted octanol–water partition coefficient (Wildman–Crippen LogP) is 5.76. The van der Waals surface area contributed by atoms with Crippen LogP contribution in [0.4, 0.5) is 11.4 Å². The van der Waals surface area contributed by atoms with Gasteiger partial charge < -0.3 is 23.5 Å². The third-order valence-electron chi connectivity index (χ3n) is 4.41. The number of methoxy groups -OCH3 is 1. The molecule has 0 bridgehead atoms. The van der Waals surface area contributed by atoms with Crippen LogP contribution in [0.1, 0.15) is 50.7 Å². The fraction of sp³-hybridized carbons (Fsp3) is 0.360. The highest BCUT2D eigenvalue weighted by molar-refractivity contribution is 5.91. The molecule has 0 N–H and O–H groups in total. The van der Waals surface area contributed by atoms with Crippen molar-refractivity contribution in [3.8, 4) is 11.5 Å². The molecule has 170 valence electrons. The lowest BCUT2D eigenvalue weighted by Crippen LogP contribution is -2.24. The molecule has 0 unspecified atom stereocenters. The summed E-state index contributed by atoms with van der Waals surface area (Å²) in [6, 6.07) is 13.0. The van der Waals surface area contributed by atoms with Crippen LogP contribution in [0, 0.1) is 0 Å². The van der Waals surface area contributed by atoms with Crippen LogP contribution < -0.4 is 14.4 Å². The lowest BCUT2D eigenvalue weighted by Gasteiger charge is -2.26. The molecule has 0 aliphatic rings. The fourth-order valence-electron chi connectivity index (χ4n) is 3.12. The van der Waals surface area contributed by atoms with Gasteiger partial charge in [-0.15, -0.1) is 0 Å². The first-order valence-electron chi connectivity index (χ1n) is 10.5. The topological polar surface area (TPSA) is 74.0 Å². The zero-order valence-corrected chi connectivity index (χ0v) is 19.4. The molecule has 0 spiro atoms. The minimum absolute atomic E-state index is 0.0163. The molecule has 1 aromatic heterocycles. The van der Waals surface area contributed by atoms with Gasteiger partial charge in [0.1, 0.15) is 11.4 Å². The predicted molar refractivity (Wildman–Crippen MR) is 123 cm³/mol. The summed E-state index contributed by atoms with van der Waals surface area (Å²) >= 11 is 0. The Morgan fingerprint density at radius 2 is 1.84 bits per heavy atom. The van der Waals surface area contributed by atoms with E-state index in [1.807, 2.05) is 69.9 Å². The number of carbonyl (C=O) groups is 1. The smallest absolute Gasteiger partial charge is 0.338 e. The minimum atomic E-state index is -0.578. The molecule has 0 aliphatic heterocycles. The molecule has 0 saturated heterocycles. The Hall–Kier alpha value is -3.48. The maximum absolute atomic E-state index is 12.6. The van der Waals surface area contributed by atoms with Crippen molar-refractivity contribution >= 4 is 17.3 Å². The van der Waals surface area contributed by atoms with Crippen LogP contribution in [-0.4, -0.2) is 29.8 Å². The largest absolute Gasteiger partial charge is 0.493 e. The average Bonchev–Trinajstić information content (AvgIpc) is 3.24. The average molecular weight is 439 g/mol. The van der Waals surface area contributed by atoms with E-state index < -0.39 is 5.60 Å². The van der Waals surface area contributed by atoms with Gasteiger partial charge in [0.2, 0.25) is 0 Å². The van der Waals surface area contributed by atoms with Crippen LogP contribution in [0.2, 0.25) is 0 Å². The molecule has 3 rings (SSSR count). The minimum Gasteiger partial charge on any atom is -0.493 e. The maximum atomic E-state index is 12.6. The Balaban J connectivity index is 2.03. The summed E-state index contributed by atoms with van der Waals surface area (Å²) in [5.74, 6) is 1.57. The number of aromatic nitrogens is 1. The van der Waals surface area contributed by atoms with Crippen molar-refractivity contribution < 1.29 is 23.4 Å². The summed E-state index contributed by atoms with van der Waals surface area (Å²) < 4.78 is 22.4. The van der Waals surface area contributed by atoms with Gasteiger partial charge in [0, 0.05) is 17.4 Å². The van der Waals surface area contributed by atoms with E-state index in [-0.39, 0.29) is 12.1 Å². The molecule has 7 nitrogen and oxygen atoms in total. The molecular formula is C25H30N2O5. The van der Waals surface area contributed by atoms with E-state index in [2.05, 4.69) is 4.98 Å². The first kappa shape index (κ1) is 23.2. The van der Waals surface area contributed by atoms with E-state index in [0.29, 0.717) is 29.4 Å². The van der Waals surface area contributed by atoms with Crippen LogP contribution in [0.5, 0.6) is 11.5 Å². The number of esters is 1. The molecule has 1 heterocycles. The van der Waals surface area contributed by atoms with Crippen LogP contribution in [-0.2, 0) is 11.3 Å². The Morgan fingerprint density at radius 1 is 1.09 bits per heavy atom. The number of nitrogens with zero attached hydrogens (tertiary/aromatic N) is 2. The number of ether oxygens (including phenoxy) is 3. The number of rotatable bonds is 8. The maximum Gasteiger partial charge on any atom is 0.338 e. The quantitative estimate of drug-likeness (QED) is 0.414. The fourth-order valence-corrected chi connectivity index (χ4v) is 3.12. The van der Waals surface area contributed by atoms with Crippen molar-refractivity contribution in [2.45, 2.75) is 52.9 Å². The van der Waals surface area contributed by atoms with Gasteiger partial charge in [-0.1, -0.05) is 6.07 Å². The molecule has 0 fully saturated rings. The van der Waals surface area contributed by atoms with Crippen molar-refractivity contribution in [2.75, 3.05) is 12.0 Å². The molecule has 0 aliphatic carbocycles. The van der Waals surface area contributed by atoms with Gasteiger partial charge in [-0.2, -0.15) is 0 Å². The Labute approximate surface area is 188 Å². The van der Waals surface area contributed by atoms with E-state index in [1.165, 1.54) is 6.39 Å². The zero-order valence-electron chi connectivity index (χ0n) is 19.4. The van der Waals surface area contributed by atoms with E-state index in [9.17, 15) is 4.79 Å². The van der Waals surface area contributed by atoms with Crippen molar-refractivity contribution in [1.29, 1.82) is 0 Å². The van der Waals surface area contributed by atoms with Crippen LogP contribution in [0.15, 0.2) is 59.5 Å². The highest BCUT2D eigenvalue weighted by atomic mass is 16.6. The SMILES string of the molecule is COc1ccc(N(Cc2cnco2)c2cccc(C(=O)OC(C)(C)C)c2)cc1OC(C)C. The van der Waals surface area contributed by atoms with E-state index >= 15 is 0 Å². The van der Waals surface area contributed by atoms with Crippen molar-refractivity contribution in [3.63, 3.8) is 0 Å². The van der Waals surface area contributed by atoms with Crippen LogP contribution in [0.3, 0.4) is 0 Å². The first-order valence-corrected chi connectivity index (χ1v) is 10.5. The summed E-state index contributed by atoms with van der Waals surface area (Å²) in [5, 5.41) is 0. The molecule has 3 aromatic rings. The van der Waals surface area contributed by atoms with Gasteiger partial charge in [0.25, 0.3) is 0 Å². The molecule has 32 heavy (non-hydrogen) atoms. The number of benzene rings is 2. The third kappa shape index (κ3) is 6.03. The molecule has 0 amide bonds. The highest BCUT2D eigenvalue weighted by Crippen LogP contribution is 2.36. The molecule has 0 radical (unpaired) electrons. The standard InChI is InChI=1S/C25H30N2O5/c1-17(2)31-23-13-20(10-11-22(23)29-6)27(15-21-14-26-16-30-21)19-9-7-8-18(12-19)24(28)32-25(3,4)5/h7-14,16-17H,15H2,1-6H3. The number of hydrogen-bond donors (Lipinski definition) is 0. The number of hydrogen-bond acceptors (Lipinski definition) is 7. The van der Waals surface area contributed by atoms with Gasteiger partial charge in [-0.05, 0) is 65.0 Å². The summed E-state index contributed by atoms with van der Waals surface area (Å²) in [7, 11) is 1.61. The number of carbonyl (C=O) groups excluding carboxylic acids is 1. The van der Waals surface area contributed by atoms with Crippen LogP contribution >= 0.6 is 0 Å². The molecule has 0 atom stereocenters. The summed E-state index contributed by atoms with van der Waals surface area (Å²) in [4.78, 5) is 18.7. The van der Waals surface area contributed by atoms with E-state index in [0.717, 1.165) is 11.4 Å². The monoisotopic (exact) mass is 438 g/mol. The second-order valence-corrected chi connectivity index (χ2v) is 8.61. The van der Waals surface area contributed by atoms with Crippen molar-refractivity contribution in [3.05, 3.63) is 66.4 Å². The lowest BCUT2D eigenvalue weighted by atomic mass is 10.1. The van der Waals surface area contributed by atoms with Crippen molar-refractivity contribution in [2.24, 2.45) is 0 Å². The Bertz CT molecular complexity index is 1040. The highest BCUT2D eigenvalue weighted by Gasteiger charge is 2.20. The second-order valence-electron chi connectivity index (χ2n) is 8.61. The Kier molecular flexibility index (Phi) is 7.08. The third-order valence-corrected chi connectivity index (χ3v) is 4.41. The molecular weight excluding hydrogens is 408 g/mol. The molecule has 7 heteroatoms. The van der Waals surface area contributed by atoms with Crippen LogP contribution in [0.25, 0.3) is 0 Å². The number of oxazole rings is 1. The van der Waals surface area contributed by atoms with Gasteiger partial charge >= 0.3 is 5.97 Å². The molecule has 2 aromatic carbocycles. The van der Waals surface area contributed by atoms with E-state index in [4.69, 9.17) is 18.6 Å². The summed E-state index contributed by atoms with van der Waals surface area (Å²) in [5.41, 5.74) is 1.53. The van der Waals surface area contributed by atoms with Gasteiger partial charge in [-0.25, -0.2) is 9.78 Å². The van der Waals surface area contributed by atoms with Crippen molar-refractivity contribution in [1.82, 2.24) is 4.98 Å². The normalized spacial score (nSPS) is 11.3. The lowest BCUT2D eigenvalue weighted by molar-refractivity contribution is 0.00695. The van der Waals surface area contributed by atoms with Gasteiger partial charge in [0.05, 0.1) is 31.5 Å². The van der Waals surface area contributed by atoms with E-state index in [1.54, 1.807) is 25.4 Å². The van der Waals surface area contributed by atoms with Gasteiger partial charge in [-0.3, -0.25) is 0 Å².